The van der Waals surface area contributed by atoms with E-state index in [1.807, 2.05) is 12.1 Å². The molecule has 2 atom stereocenters. The van der Waals surface area contributed by atoms with Crippen LogP contribution in [-0.4, -0.2) is 19.7 Å². The molecule has 114 valence electrons. The molecule has 1 rings (SSSR count). The van der Waals surface area contributed by atoms with Crippen molar-refractivity contribution < 1.29 is 4.74 Å². The molecular formula is C18H31NO. The first kappa shape index (κ1) is 17.0. The smallest absolute Gasteiger partial charge is 0.118 e. The summed E-state index contributed by atoms with van der Waals surface area (Å²) in [5, 5.41) is 3.66. The van der Waals surface area contributed by atoms with Gasteiger partial charge in [-0.2, -0.15) is 0 Å². The van der Waals surface area contributed by atoms with E-state index in [2.05, 4.69) is 52.1 Å². The maximum atomic E-state index is 5.18. The molecule has 0 aliphatic rings. The first-order valence-electron chi connectivity index (χ1n) is 7.69. The predicted octanol–water partition coefficient (Wildman–Crippen LogP) is 4.29. The van der Waals surface area contributed by atoms with Crippen LogP contribution in [0.15, 0.2) is 24.3 Å². The van der Waals surface area contributed by atoms with Crippen molar-refractivity contribution in [3.8, 4) is 5.75 Å². The maximum absolute atomic E-state index is 5.18. The summed E-state index contributed by atoms with van der Waals surface area (Å²) in [5.74, 6) is 1.62. The molecule has 2 heteroatoms. The molecule has 1 aromatic rings. The van der Waals surface area contributed by atoms with Crippen LogP contribution >= 0.6 is 0 Å². The van der Waals surface area contributed by atoms with Gasteiger partial charge < -0.3 is 10.1 Å². The molecule has 0 saturated heterocycles. The predicted molar refractivity (Wildman–Crippen MR) is 87.4 cm³/mol. The van der Waals surface area contributed by atoms with Crippen molar-refractivity contribution in [3.05, 3.63) is 29.8 Å². The topological polar surface area (TPSA) is 21.3 Å². The van der Waals surface area contributed by atoms with Crippen molar-refractivity contribution in [2.24, 2.45) is 11.3 Å². The van der Waals surface area contributed by atoms with Crippen LogP contribution in [0.25, 0.3) is 0 Å². The molecule has 1 aromatic carbocycles. The van der Waals surface area contributed by atoms with Crippen LogP contribution in [-0.2, 0) is 6.42 Å². The number of methoxy groups -OCH3 is 1. The van der Waals surface area contributed by atoms with Crippen molar-refractivity contribution in [3.63, 3.8) is 0 Å². The molecular weight excluding hydrogens is 246 g/mol. The lowest BCUT2D eigenvalue weighted by Crippen LogP contribution is -2.35. The summed E-state index contributed by atoms with van der Waals surface area (Å²) in [5.41, 5.74) is 1.76. The van der Waals surface area contributed by atoms with Gasteiger partial charge in [0.1, 0.15) is 5.75 Å². The zero-order chi connectivity index (χ0) is 15.2. The van der Waals surface area contributed by atoms with Gasteiger partial charge in [0, 0.05) is 6.04 Å². The number of rotatable bonds is 7. The van der Waals surface area contributed by atoms with Gasteiger partial charge in [0.2, 0.25) is 0 Å². The SMILES string of the molecule is COc1ccc(CCC(C)NCC(C)C(C)(C)C)cc1. The van der Waals surface area contributed by atoms with E-state index in [0.717, 1.165) is 18.7 Å². The van der Waals surface area contributed by atoms with Crippen LogP contribution in [0.2, 0.25) is 0 Å². The molecule has 0 radical (unpaired) electrons. The summed E-state index contributed by atoms with van der Waals surface area (Å²) in [4.78, 5) is 0. The minimum atomic E-state index is 0.378. The third-order valence-corrected chi connectivity index (χ3v) is 4.28. The van der Waals surface area contributed by atoms with Crippen LogP contribution in [0.1, 0.15) is 46.6 Å². The van der Waals surface area contributed by atoms with Crippen LogP contribution < -0.4 is 10.1 Å². The average Bonchev–Trinajstić information content (AvgIpc) is 2.41. The fourth-order valence-electron chi connectivity index (χ4n) is 1.96. The second kappa shape index (κ2) is 7.68. The highest BCUT2D eigenvalue weighted by atomic mass is 16.5. The van der Waals surface area contributed by atoms with Gasteiger partial charge in [-0.05, 0) is 55.3 Å². The monoisotopic (exact) mass is 277 g/mol. The van der Waals surface area contributed by atoms with Crippen molar-refractivity contribution >= 4 is 0 Å². The molecule has 0 amide bonds. The zero-order valence-corrected chi connectivity index (χ0v) is 14.0. The Bertz CT molecular complexity index is 377. The number of hydrogen-bond donors (Lipinski definition) is 1. The van der Waals surface area contributed by atoms with Crippen LogP contribution in [0.5, 0.6) is 5.75 Å². The van der Waals surface area contributed by atoms with Gasteiger partial charge in [-0.15, -0.1) is 0 Å². The van der Waals surface area contributed by atoms with E-state index < -0.39 is 0 Å². The van der Waals surface area contributed by atoms with Gasteiger partial charge in [0.25, 0.3) is 0 Å². The molecule has 20 heavy (non-hydrogen) atoms. The number of benzene rings is 1. The van der Waals surface area contributed by atoms with E-state index in [1.165, 1.54) is 12.0 Å². The Kier molecular flexibility index (Phi) is 6.54. The molecule has 2 nitrogen and oxygen atoms in total. The summed E-state index contributed by atoms with van der Waals surface area (Å²) in [6, 6.07) is 8.94. The molecule has 0 bridgehead atoms. The van der Waals surface area contributed by atoms with E-state index in [9.17, 15) is 0 Å². The van der Waals surface area contributed by atoms with Gasteiger partial charge in [0.15, 0.2) is 0 Å². The second-order valence-corrected chi connectivity index (χ2v) is 6.96. The Labute approximate surface area is 124 Å². The van der Waals surface area contributed by atoms with Crippen LogP contribution in [0, 0.1) is 11.3 Å². The minimum Gasteiger partial charge on any atom is -0.497 e. The standard InChI is InChI=1S/C18H31NO/c1-14(18(3,4)5)13-19-15(2)7-8-16-9-11-17(20-6)12-10-16/h9-12,14-15,19H,7-8,13H2,1-6H3. The lowest BCUT2D eigenvalue weighted by Gasteiger charge is -2.28. The molecule has 0 heterocycles. The van der Waals surface area contributed by atoms with Gasteiger partial charge in [0.05, 0.1) is 7.11 Å². The van der Waals surface area contributed by atoms with Crippen molar-refractivity contribution in [2.75, 3.05) is 13.7 Å². The Morgan fingerprint density at radius 1 is 1.10 bits per heavy atom. The molecule has 0 aromatic heterocycles. The Balaban J connectivity index is 2.30. The summed E-state index contributed by atoms with van der Waals surface area (Å²) in [7, 11) is 1.71. The Morgan fingerprint density at radius 3 is 2.20 bits per heavy atom. The van der Waals surface area contributed by atoms with E-state index >= 15 is 0 Å². The largest absolute Gasteiger partial charge is 0.497 e. The first-order valence-corrected chi connectivity index (χ1v) is 7.69. The highest BCUT2D eigenvalue weighted by Gasteiger charge is 2.19. The Morgan fingerprint density at radius 2 is 1.70 bits per heavy atom. The number of aryl methyl sites for hydroxylation is 1. The third-order valence-electron chi connectivity index (χ3n) is 4.28. The number of nitrogens with one attached hydrogen (secondary N) is 1. The fourth-order valence-corrected chi connectivity index (χ4v) is 1.96. The normalized spacial score (nSPS) is 14.9. The van der Waals surface area contributed by atoms with E-state index in [4.69, 9.17) is 4.74 Å². The van der Waals surface area contributed by atoms with Crippen LogP contribution in [0.4, 0.5) is 0 Å². The van der Waals surface area contributed by atoms with Crippen molar-refractivity contribution in [2.45, 2.75) is 53.5 Å². The first-order chi connectivity index (χ1) is 9.32. The lowest BCUT2D eigenvalue weighted by molar-refractivity contribution is 0.245. The van der Waals surface area contributed by atoms with Gasteiger partial charge >= 0.3 is 0 Å². The summed E-state index contributed by atoms with van der Waals surface area (Å²) < 4.78 is 5.18. The summed E-state index contributed by atoms with van der Waals surface area (Å²) >= 11 is 0. The van der Waals surface area contributed by atoms with Crippen molar-refractivity contribution in [1.29, 1.82) is 0 Å². The zero-order valence-electron chi connectivity index (χ0n) is 14.0. The molecule has 0 aliphatic carbocycles. The highest BCUT2D eigenvalue weighted by Crippen LogP contribution is 2.24. The van der Waals surface area contributed by atoms with Crippen LogP contribution in [0.3, 0.4) is 0 Å². The van der Waals surface area contributed by atoms with Gasteiger partial charge in [-0.25, -0.2) is 0 Å². The molecule has 0 fully saturated rings. The molecule has 0 spiro atoms. The lowest BCUT2D eigenvalue weighted by atomic mass is 9.82. The van der Waals surface area contributed by atoms with Gasteiger partial charge in [-0.1, -0.05) is 39.8 Å². The average molecular weight is 277 g/mol. The molecule has 0 saturated carbocycles. The van der Waals surface area contributed by atoms with E-state index in [1.54, 1.807) is 7.11 Å². The van der Waals surface area contributed by atoms with Crippen molar-refractivity contribution in [1.82, 2.24) is 5.32 Å². The van der Waals surface area contributed by atoms with E-state index in [0.29, 0.717) is 17.4 Å². The molecule has 2 unspecified atom stereocenters. The van der Waals surface area contributed by atoms with Gasteiger partial charge in [-0.3, -0.25) is 0 Å². The quantitative estimate of drug-likeness (QED) is 0.803. The maximum Gasteiger partial charge on any atom is 0.118 e. The fraction of sp³-hybridized carbons (Fsp3) is 0.667. The summed E-state index contributed by atoms with van der Waals surface area (Å²) in [6.45, 7) is 12.6. The number of hydrogen-bond acceptors (Lipinski definition) is 2. The third kappa shape index (κ3) is 5.96. The minimum absolute atomic E-state index is 0.378. The Hall–Kier alpha value is -1.02. The molecule has 1 N–H and O–H groups in total. The van der Waals surface area contributed by atoms with E-state index in [-0.39, 0.29) is 0 Å². The number of ether oxygens (including phenoxy) is 1. The highest BCUT2D eigenvalue weighted by molar-refractivity contribution is 5.27. The summed E-state index contributed by atoms with van der Waals surface area (Å²) in [6.07, 6.45) is 2.28. The second-order valence-electron chi connectivity index (χ2n) is 6.96. The molecule has 0 aliphatic heterocycles.